The molecule has 0 aromatic rings. The Morgan fingerprint density at radius 1 is 1.24 bits per heavy atom. The molecule has 0 aliphatic carbocycles. The highest BCUT2D eigenvalue weighted by atomic mass is 32.2. The van der Waals surface area contributed by atoms with Gasteiger partial charge in [-0.1, -0.05) is 6.92 Å². The maximum Gasteiger partial charge on any atom is 0.226 e. The Balaban J connectivity index is 1.78. The van der Waals surface area contributed by atoms with Gasteiger partial charge in [-0.2, -0.15) is 0 Å². The zero-order valence-corrected chi connectivity index (χ0v) is 13.3. The molecule has 3 rings (SSSR count). The number of likely N-dealkylation sites (tertiary alicyclic amines) is 1. The average Bonchev–Trinajstić information content (AvgIpc) is 2.93. The third-order valence-electron chi connectivity index (χ3n) is 5.16. The van der Waals surface area contributed by atoms with Crippen LogP contribution in [0.4, 0.5) is 0 Å². The van der Waals surface area contributed by atoms with Crippen molar-refractivity contribution < 1.29 is 17.9 Å². The molecule has 1 amide bonds. The second kappa shape index (κ2) is 5.85. The number of hydrogen-bond acceptors (Lipinski definition) is 5. The first-order valence-corrected chi connectivity index (χ1v) is 9.55. The van der Waals surface area contributed by atoms with Gasteiger partial charge in [-0.15, -0.1) is 0 Å². The lowest BCUT2D eigenvalue weighted by atomic mass is 9.87. The third kappa shape index (κ3) is 2.83. The number of ether oxygens (including phenoxy) is 1. The summed E-state index contributed by atoms with van der Waals surface area (Å²) in [5.74, 6) is 0.139. The van der Waals surface area contributed by atoms with Crippen molar-refractivity contribution >= 4 is 15.7 Å². The van der Waals surface area contributed by atoms with Crippen LogP contribution >= 0.6 is 0 Å². The molecule has 0 bridgehead atoms. The summed E-state index contributed by atoms with van der Waals surface area (Å²) in [5.41, 5.74) is 0. The molecule has 7 heteroatoms. The fraction of sp³-hybridized carbons (Fsp3) is 0.929. The van der Waals surface area contributed by atoms with Crippen molar-refractivity contribution in [2.45, 2.75) is 18.6 Å². The summed E-state index contributed by atoms with van der Waals surface area (Å²) in [7, 11) is -3.04. The van der Waals surface area contributed by atoms with E-state index < -0.39 is 9.84 Å². The van der Waals surface area contributed by atoms with E-state index in [1.807, 2.05) is 11.8 Å². The van der Waals surface area contributed by atoms with Crippen LogP contribution in [0.5, 0.6) is 0 Å². The number of carbonyl (C=O) groups is 1. The second-order valence-corrected chi connectivity index (χ2v) is 8.59. The fourth-order valence-electron chi connectivity index (χ4n) is 3.89. The molecule has 0 N–H and O–H groups in total. The quantitative estimate of drug-likeness (QED) is 0.693. The lowest BCUT2D eigenvalue weighted by molar-refractivity contribution is -0.141. The lowest BCUT2D eigenvalue weighted by Crippen LogP contribution is -2.50. The van der Waals surface area contributed by atoms with Crippen LogP contribution in [-0.4, -0.2) is 81.1 Å². The molecular formula is C14H24N2O4S. The standard InChI is InChI=1S/C14H24N2O4S/c1-2-15-9-12-11(3-8-21(18,19)13(12)10-15)14(17)16-4-6-20-7-5-16/h11-13H,2-10H2,1H3/t11-,12-,13-/m0/s1. The SMILES string of the molecule is CCN1C[C@H]2[C@@H](C(=O)N3CCOCC3)CCS(=O)(=O)[C@H]2C1. The second-order valence-electron chi connectivity index (χ2n) is 6.25. The smallest absolute Gasteiger partial charge is 0.226 e. The number of nitrogens with zero attached hydrogens (tertiary/aromatic N) is 2. The Bertz CT molecular complexity index is 501. The molecule has 0 unspecified atom stereocenters. The van der Waals surface area contributed by atoms with Crippen LogP contribution in [0.2, 0.25) is 0 Å². The van der Waals surface area contributed by atoms with E-state index in [1.165, 1.54) is 0 Å². The van der Waals surface area contributed by atoms with Gasteiger partial charge in [0.2, 0.25) is 5.91 Å². The van der Waals surface area contributed by atoms with Crippen molar-refractivity contribution in [2.75, 3.05) is 51.7 Å². The predicted molar refractivity (Wildman–Crippen MR) is 78.7 cm³/mol. The molecule has 0 aromatic heterocycles. The van der Waals surface area contributed by atoms with Gasteiger partial charge in [-0.3, -0.25) is 4.79 Å². The first-order chi connectivity index (χ1) is 10.0. The van der Waals surface area contributed by atoms with Crippen molar-refractivity contribution in [3.8, 4) is 0 Å². The Hall–Kier alpha value is -0.660. The Labute approximate surface area is 126 Å². The van der Waals surface area contributed by atoms with Crippen molar-refractivity contribution in [1.29, 1.82) is 0 Å². The highest BCUT2D eigenvalue weighted by Gasteiger charge is 2.50. The number of carbonyl (C=O) groups excluding carboxylic acids is 1. The number of morpholine rings is 1. The number of rotatable bonds is 2. The van der Waals surface area contributed by atoms with Gasteiger partial charge < -0.3 is 14.5 Å². The van der Waals surface area contributed by atoms with Gasteiger partial charge in [0.15, 0.2) is 9.84 Å². The zero-order valence-electron chi connectivity index (χ0n) is 12.5. The Morgan fingerprint density at radius 3 is 2.62 bits per heavy atom. The molecule has 3 atom stereocenters. The van der Waals surface area contributed by atoms with Crippen molar-refractivity contribution in [1.82, 2.24) is 9.80 Å². The van der Waals surface area contributed by atoms with Gasteiger partial charge in [-0.05, 0) is 13.0 Å². The summed E-state index contributed by atoms with van der Waals surface area (Å²) in [6.45, 7) is 6.67. The Kier molecular flexibility index (Phi) is 4.25. The predicted octanol–water partition coefficient (Wildman–Crippen LogP) is -0.400. The maximum atomic E-state index is 12.8. The van der Waals surface area contributed by atoms with Gasteiger partial charge in [0, 0.05) is 38.0 Å². The monoisotopic (exact) mass is 316 g/mol. The van der Waals surface area contributed by atoms with E-state index in [1.54, 1.807) is 0 Å². The molecule has 120 valence electrons. The number of hydrogen-bond donors (Lipinski definition) is 0. The molecule has 0 aromatic carbocycles. The van der Waals surface area contributed by atoms with E-state index >= 15 is 0 Å². The summed E-state index contributed by atoms with van der Waals surface area (Å²) in [6, 6.07) is 0. The van der Waals surface area contributed by atoms with E-state index in [0.717, 1.165) is 13.1 Å². The van der Waals surface area contributed by atoms with Gasteiger partial charge in [-0.25, -0.2) is 8.42 Å². The maximum absolute atomic E-state index is 12.8. The van der Waals surface area contributed by atoms with E-state index in [-0.39, 0.29) is 28.7 Å². The molecule has 21 heavy (non-hydrogen) atoms. The minimum atomic E-state index is -3.04. The van der Waals surface area contributed by atoms with Crippen LogP contribution in [0.25, 0.3) is 0 Å². The van der Waals surface area contributed by atoms with Crippen molar-refractivity contribution in [2.24, 2.45) is 11.8 Å². The van der Waals surface area contributed by atoms with Gasteiger partial charge >= 0.3 is 0 Å². The van der Waals surface area contributed by atoms with E-state index in [0.29, 0.717) is 39.3 Å². The highest BCUT2D eigenvalue weighted by Crippen LogP contribution is 2.37. The van der Waals surface area contributed by atoms with E-state index in [9.17, 15) is 13.2 Å². The minimum Gasteiger partial charge on any atom is -0.378 e. The molecule has 0 saturated carbocycles. The van der Waals surface area contributed by atoms with E-state index in [2.05, 4.69) is 4.90 Å². The molecule has 6 nitrogen and oxygen atoms in total. The molecule has 0 radical (unpaired) electrons. The number of sulfone groups is 1. The zero-order chi connectivity index (χ0) is 15.0. The van der Waals surface area contributed by atoms with Gasteiger partial charge in [0.05, 0.1) is 24.2 Å². The first-order valence-electron chi connectivity index (χ1n) is 7.83. The fourth-order valence-corrected chi connectivity index (χ4v) is 6.02. The largest absolute Gasteiger partial charge is 0.378 e. The summed E-state index contributed by atoms with van der Waals surface area (Å²) in [4.78, 5) is 16.8. The molecule has 3 aliphatic rings. The van der Waals surface area contributed by atoms with Gasteiger partial charge in [0.25, 0.3) is 0 Å². The average molecular weight is 316 g/mol. The summed E-state index contributed by atoms with van der Waals surface area (Å²) in [6.07, 6.45) is 0.483. The Morgan fingerprint density at radius 2 is 1.95 bits per heavy atom. The molecule has 3 saturated heterocycles. The van der Waals surface area contributed by atoms with Crippen LogP contribution in [0.15, 0.2) is 0 Å². The van der Waals surface area contributed by atoms with E-state index in [4.69, 9.17) is 4.74 Å². The minimum absolute atomic E-state index is 0.0287. The van der Waals surface area contributed by atoms with Crippen molar-refractivity contribution in [3.05, 3.63) is 0 Å². The molecule has 3 aliphatic heterocycles. The summed E-state index contributed by atoms with van der Waals surface area (Å²) >= 11 is 0. The molecular weight excluding hydrogens is 292 g/mol. The lowest BCUT2D eigenvalue weighted by Gasteiger charge is -2.36. The van der Waals surface area contributed by atoms with Gasteiger partial charge in [0.1, 0.15) is 0 Å². The summed E-state index contributed by atoms with van der Waals surface area (Å²) < 4.78 is 29.9. The normalized spacial score (nSPS) is 36.4. The number of fused-ring (bicyclic) bond motifs is 1. The van der Waals surface area contributed by atoms with Crippen LogP contribution in [-0.2, 0) is 19.4 Å². The molecule has 3 heterocycles. The van der Waals surface area contributed by atoms with Crippen LogP contribution in [0.1, 0.15) is 13.3 Å². The first kappa shape index (κ1) is 15.2. The van der Waals surface area contributed by atoms with Crippen LogP contribution in [0.3, 0.4) is 0 Å². The van der Waals surface area contributed by atoms with Crippen LogP contribution in [0, 0.1) is 11.8 Å². The topological polar surface area (TPSA) is 66.9 Å². The molecule has 0 spiro atoms. The number of amides is 1. The van der Waals surface area contributed by atoms with Crippen molar-refractivity contribution in [3.63, 3.8) is 0 Å². The highest BCUT2D eigenvalue weighted by molar-refractivity contribution is 7.92. The third-order valence-corrected chi connectivity index (χ3v) is 7.39. The van der Waals surface area contributed by atoms with Crippen LogP contribution < -0.4 is 0 Å². The molecule has 3 fully saturated rings. The summed E-state index contributed by atoms with van der Waals surface area (Å²) in [5, 5.41) is -0.346.